The second-order valence-corrected chi connectivity index (χ2v) is 9.83. The van der Waals surface area contributed by atoms with Gasteiger partial charge in [0.15, 0.2) is 10.9 Å². The van der Waals surface area contributed by atoms with Crippen LogP contribution in [0.15, 0.2) is 11.2 Å². The second-order valence-electron chi connectivity index (χ2n) is 8.89. The number of anilines is 1. The third-order valence-corrected chi connectivity index (χ3v) is 7.42. The number of benzene rings is 1. The summed E-state index contributed by atoms with van der Waals surface area (Å²) >= 11 is 1.76. The molecule has 1 aliphatic heterocycles. The molecule has 0 atom stereocenters. The van der Waals surface area contributed by atoms with E-state index in [9.17, 15) is 4.79 Å². The van der Waals surface area contributed by atoms with Crippen LogP contribution in [0.2, 0.25) is 0 Å². The van der Waals surface area contributed by atoms with Crippen LogP contribution in [0.25, 0.3) is 0 Å². The molecule has 2 heterocycles. The molecule has 6 heteroatoms. The minimum absolute atomic E-state index is 0.147. The number of Topliss-reactive ketones (excluding diaryl/α,β-unsaturated/α-hetero) is 1. The SMILES string of the molecule is CC(=O)c1c(C)cc(C)c(CSc2nnc(N3CCC(C)CC3)n2C2CC2)c1C. The normalized spacial score (nSPS) is 17.8. The molecule has 29 heavy (non-hydrogen) atoms. The lowest BCUT2D eigenvalue weighted by Gasteiger charge is -2.31. The lowest BCUT2D eigenvalue weighted by molar-refractivity contribution is 0.101. The van der Waals surface area contributed by atoms with Gasteiger partial charge in [0.2, 0.25) is 5.95 Å². The Morgan fingerprint density at radius 2 is 1.79 bits per heavy atom. The van der Waals surface area contributed by atoms with Gasteiger partial charge in [-0.3, -0.25) is 9.36 Å². The van der Waals surface area contributed by atoms with Gasteiger partial charge in [-0.05, 0) is 81.5 Å². The van der Waals surface area contributed by atoms with Gasteiger partial charge in [-0.15, -0.1) is 10.2 Å². The smallest absolute Gasteiger partial charge is 0.228 e. The van der Waals surface area contributed by atoms with Crippen molar-refractivity contribution < 1.29 is 4.79 Å². The first-order valence-electron chi connectivity index (χ1n) is 10.8. The first kappa shape index (κ1) is 20.5. The van der Waals surface area contributed by atoms with Crippen LogP contribution in [0, 0.1) is 26.7 Å². The van der Waals surface area contributed by atoms with E-state index in [0.29, 0.717) is 6.04 Å². The van der Waals surface area contributed by atoms with E-state index in [1.807, 2.05) is 6.92 Å². The second kappa shape index (κ2) is 8.13. The van der Waals surface area contributed by atoms with Gasteiger partial charge >= 0.3 is 0 Å². The highest BCUT2D eigenvalue weighted by Crippen LogP contribution is 2.42. The molecule has 2 aliphatic rings. The van der Waals surface area contributed by atoms with Crippen LogP contribution in [0.5, 0.6) is 0 Å². The zero-order valence-electron chi connectivity index (χ0n) is 18.3. The van der Waals surface area contributed by atoms with Crippen molar-refractivity contribution in [1.82, 2.24) is 14.8 Å². The predicted octanol–water partition coefficient (Wildman–Crippen LogP) is 5.27. The van der Waals surface area contributed by atoms with Crippen LogP contribution >= 0.6 is 11.8 Å². The molecule has 0 N–H and O–H groups in total. The van der Waals surface area contributed by atoms with Gasteiger partial charge in [0.05, 0.1) is 0 Å². The van der Waals surface area contributed by atoms with Crippen LogP contribution in [-0.4, -0.2) is 33.6 Å². The first-order chi connectivity index (χ1) is 13.9. The topological polar surface area (TPSA) is 51.0 Å². The summed E-state index contributed by atoms with van der Waals surface area (Å²) in [6.07, 6.45) is 4.91. The highest BCUT2D eigenvalue weighted by molar-refractivity contribution is 7.98. The Hall–Kier alpha value is -1.82. The van der Waals surface area contributed by atoms with Gasteiger partial charge in [0.1, 0.15) is 0 Å². The molecule has 0 bridgehead atoms. The van der Waals surface area contributed by atoms with Crippen molar-refractivity contribution in [1.29, 1.82) is 0 Å². The van der Waals surface area contributed by atoms with Crippen LogP contribution in [0.1, 0.15) is 78.2 Å². The summed E-state index contributed by atoms with van der Waals surface area (Å²) in [6, 6.07) is 2.70. The van der Waals surface area contributed by atoms with Gasteiger partial charge in [-0.25, -0.2) is 0 Å². The van der Waals surface area contributed by atoms with Crippen molar-refractivity contribution in [3.05, 3.63) is 33.9 Å². The first-order valence-corrected chi connectivity index (χ1v) is 11.8. The van der Waals surface area contributed by atoms with E-state index in [2.05, 4.69) is 46.5 Å². The molecule has 0 radical (unpaired) electrons. The average Bonchev–Trinajstić information content (AvgIpc) is 3.41. The number of nitrogens with zero attached hydrogens (tertiary/aromatic N) is 4. The molecular weight excluding hydrogens is 380 g/mol. The molecule has 1 saturated heterocycles. The summed E-state index contributed by atoms with van der Waals surface area (Å²) in [7, 11) is 0. The Morgan fingerprint density at radius 3 is 2.41 bits per heavy atom. The number of piperidine rings is 1. The summed E-state index contributed by atoms with van der Waals surface area (Å²) < 4.78 is 2.38. The standard InChI is InChI=1S/C23H32N4OS/c1-14-8-10-26(11-9-14)22-24-25-23(27(22)19-6-7-19)29-13-20-15(2)12-16(3)21(17(20)4)18(5)28/h12,14,19H,6-11,13H2,1-5H3. The number of thioether (sulfide) groups is 1. The Kier molecular flexibility index (Phi) is 5.74. The van der Waals surface area contributed by atoms with Crippen molar-refractivity contribution >= 4 is 23.5 Å². The highest BCUT2D eigenvalue weighted by Gasteiger charge is 2.32. The molecule has 2 aromatic rings. The molecule has 1 saturated carbocycles. The third kappa shape index (κ3) is 4.09. The summed E-state index contributed by atoms with van der Waals surface area (Å²) in [5.41, 5.74) is 5.57. The van der Waals surface area contributed by atoms with Crippen molar-refractivity contribution in [2.24, 2.45) is 5.92 Å². The molecule has 1 aliphatic carbocycles. The molecule has 1 aromatic heterocycles. The fourth-order valence-corrected chi connectivity index (χ4v) is 5.76. The van der Waals surface area contributed by atoms with E-state index in [4.69, 9.17) is 0 Å². The van der Waals surface area contributed by atoms with Gasteiger partial charge in [-0.1, -0.05) is 24.8 Å². The Labute approximate surface area is 178 Å². The molecule has 0 amide bonds. The lowest BCUT2D eigenvalue weighted by atomic mass is 9.92. The number of aromatic nitrogens is 3. The number of hydrogen-bond acceptors (Lipinski definition) is 5. The molecule has 0 spiro atoms. The van der Waals surface area contributed by atoms with E-state index in [1.54, 1.807) is 18.7 Å². The largest absolute Gasteiger partial charge is 0.341 e. The molecule has 156 valence electrons. The maximum Gasteiger partial charge on any atom is 0.228 e. The van der Waals surface area contributed by atoms with E-state index < -0.39 is 0 Å². The fourth-order valence-electron chi connectivity index (χ4n) is 4.57. The molecule has 2 fully saturated rings. The number of aryl methyl sites for hydroxylation is 2. The molecular formula is C23H32N4OS. The van der Waals surface area contributed by atoms with Crippen molar-refractivity contribution in [3.8, 4) is 0 Å². The molecule has 1 aromatic carbocycles. The monoisotopic (exact) mass is 412 g/mol. The maximum atomic E-state index is 12.1. The van der Waals surface area contributed by atoms with Crippen molar-refractivity contribution in [3.63, 3.8) is 0 Å². The van der Waals surface area contributed by atoms with E-state index >= 15 is 0 Å². The molecule has 0 unspecified atom stereocenters. The average molecular weight is 413 g/mol. The Morgan fingerprint density at radius 1 is 1.10 bits per heavy atom. The number of carbonyl (C=O) groups excluding carboxylic acids is 1. The predicted molar refractivity (Wildman–Crippen MR) is 119 cm³/mol. The van der Waals surface area contributed by atoms with E-state index in [-0.39, 0.29) is 5.78 Å². The summed E-state index contributed by atoms with van der Waals surface area (Å²) in [6.45, 7) is 12.4. The number of rotatable bonds is 6. The van der Waals surface area contributed by atoms with Gasteiger partial charge in [0.25, 0.3) is 0 Å². The lowest BCUT2D eigenvalue weighted by Crippen LogP contribution is -2.34. The van der Waals surface area contributed by atoms with Crippen LogP contribution in [0.3, 0.4) is 0 Å². The van der Waals surface area contributed by atoms with E-state index in [0.717, 1.165) is 52.6 Å². The minimum atomic E-state index is 0.147. The molecule has 5 nitrogen and oxygen atoms in total. The quantitative estimate of drug-likeness (QED) is 0.478. The fraction of sp³-hybridized carbons (Fsp3) is 0.609. The van der Waals surface area contributed by atoms with Crippen LogP contribution in [0.4, 0.5) is 5.95 Å². The molecule has 4 rings (SSSR count). The van der Waals surface area contributed by atoms with Gasteiger partial charge in [-0.2, -0.15) is 0 Å². The maximum absolute atomic E-state index is 12.1. The highest BCUT2D eigenvalue weighted by atomic mass is 32.2. The van der Waals surface area contributed by atoms with Crippen LogP contribution in [-0.2, 0) is 5.75 Å². The number of ketones is 1. The third-order valence-electron chi connectivity index (χ3n) is 6.45. The van der Waals surface area contributed by atoms with Crippen molar-refractivity contribution in [2.45, 2.75) is 77.3 Å². The zero-order chi connectivity index (χ0) is 20.7. The summed E-state index contributed by atoms with van der Waals surface area (Å²) in [5, 5.41) is 10.2. The number of carbonyl (C=O) groups is 1. The minimum Gasteiger partial charge on any atom is -0.341 e. The van der Waals surface area contributed by atoms with Crippen molar-refractivity contribution in [2.75, 3.05) is 18.0 Å². The Bertz CT molecular complexity index is 923. The van der Waals surface area contributed by atoms with Crippen LogP contribution < -0.4 is 4.90 Å². The zero-order valence-corrected chi connectivity index (χ0v) is 19.1. The summed E-state index contributed by atoms with van der Waals surface area (Å²) in [5.74, 6) is 2.83. The summed E-state index contributed by atoms with van der Waals surface area (Å²) in [4.78, 5) is 14.6. The van der Waals surface area contributed by atoms with Gasteiger partial charge < -0.3 is 4.90 Å². The van der Waals surface area contributed by atoms with Gasteiger partial charge in [0, 0.05) is 30.4 Å². The number of hydrogen-bond donors (Lipinski definition) is 0. The van der Waals surface area contributed by atoms with E-state index in [1.165, 1.54) is 36.8 Å². The Balaban J connectivity index is 1.58.